The van der Waals surface area contributed by atoms with Gasteiger partial charge in [0.05, 0.1) is 18.0 Å². The van der Waals surface area contributed by atoms with E-state index in [1.54, 1.807) is 19.2 Å². The molecular weight excluding hydrogens is 412 g/mol. The van der Waals surface area contributed by atoms with Crippen LogP contribution in [0, 0.1) is 0 Å². The maximum absolute atomic E-state index is 13.1. The van der Waals surface area contributed by atoms with E-state index in [0.717, 1.165) is 29.7 Å². The molecule has 1 atom stereocenters. The zero-order valence-corrected chi connectivity index (χ0v) is 17.9. The lowest BCUT2D eigenvalue weighted by molar-refractivity contribution is 0.0942. The molecule has 31 heavy (non-hydrogen) atoms. The molecule has 7 heteroatoms. The van der Waals surface area contributed by atoms with Gasteiger partial charge in [0.2, 0.25) is 10.0 Å². The normalized spacial score (nSPS) is 14.6. The van der Waals surface area contributed by atoms with Gasteiger partial charge < -0.3 is 10.1 Å². The van der Waals surface area contributed by atoms with Gasteiger partial charge in [-0.3, -0.25) is 4.79 Å². The smallest absolute Gasteiger partial charge is 0.252 e. The first-order valence-electron chi connectivity index (χ1n) is 10.1. The number of hydrogen-bond donors (Lipinski definition) is 2. The van der Waals surface area contributed by atoms with Crippen molar-refractivity contribution in [3.63, 3.8) is 0 Å². The highest BCUT2D eigenvalue weighted by atomic mass is 32.2. The summed E-state index contributed by atoms with van der Waals surface area (Å²) in [4.78, 5) is 13.2. The van der Waals surface area contributed by atoms with Gasteiger partial charge in [0.1, 0.15) is 5.75 Å². The first-order chi connectivity index (χ1) is 15.0. The number of ether oxygens (including phenoxy) is 1. The topological polar surface area (TPSA) is 84.5 Å². The molecule has 1 fully saturated rings. The molecule has 0 radical (unpaired) electrons. The van der Waals surface area contributed by atoms with Gasteiger partial charge >= 0.3 is 0 Å². The third kappa shape index (κ3) is 5.13. The molecule has 3 aromatic carbocycles. The van der Waals surface area contributed by atoms with Crippen LogP contribution in [-0.4, -0.2) is 27.5 Å². The van der Waals surface area contributed by atoms with Crippen LogP contribution in [-0.2, 0) is 10.0 Å². The maximum atomic E-state index is 13.1. The molecule has 1 unspecified atom stereocenters. The molecule has 3 aromatic rings. The van der Waals surface area contributed by atoms with Crippen molar-refractivity contribution in [1.29, 1.82) is 0 Å². The number of methoxy groups -OCH3 is 1. The third-order valence-electron chi connectivity index (χ3n) is 5.16. The Bertz CT molecular complexity index is 1160. The largest absolute Gasteiger partial charge is 0.497 e. The van der Waals surface area contributed by atoms with Crippen molar-refractivity contribution in [1.82, 2.24) is 10.0 Å². The second-order valence-corrected chi connectivity index (χ2v) is 9.23. The molecule has 1 aliphatic rings. The number of rotatable bonds is 8. The van der Waals surface area contributed by atoms with Crippen LogP contribution in [0.25, 0.3) is 0 Å². The summed E-state index contributed by atoms with van der Waals surface area (Å²) in [5, 5.41) is 3.04. The first-order valence-corrected chi connectivity index (χ1v) is 11.6. The summed E-state index contributed by atoms with van der Waals surface area (Å²) in [6, 6.07) is 22.8. The summed E-state index contributed by atoms with van der Waals surface area (Å²) < 4.78 is 32.9. The number of amides is 1. The molecule has 0 aromatic heterocycles. The van der Waals surface area contributed by atoms with E-state index in [4.69, 9.17) is 4.74 Å². The molecule has 0 bridgehead atoms. The Kier molecular flexibility index (Phi) is 6.06. The van der Waals surface area contributed by atoms with E-state index in [9.17, 15) is 13.2 Å². The molecular formula is C24H24N2O4S. The highest BCUT2D eigenvalue weighted by Gasteiger charge is 2.28. The van der Waals surface area contributed by atoms with E-state index in [1.807, 2.05) is 54.6 Å². The minimum absolute atomic E-state index is 0.0000146. The zero-order valence-electron chi connectivity index (χ0n) is 17.1. The molecule has 0 heterocycles. The Morgan fingerprint density at radius 2 is 1.61 bits per heavy atom. The van der Waals surface area contributed by atoms with Crippen LogP contribution < -0.4 is 14.8 Å². The fraction of sp³-hybridized carbons (Fsp3) is 0.208. The summed E-state index contributed by atoms with van der Waals surface area (Å²) in [7, 11) is -2.04. The number of benzene rings is 3. The molecule has 6 nitrogen and oxygen atoms in total. The Balaban J connectivity index is 1.61. The predicted molar refractivity (Wildman–Crippen MR) is 119 cm³/mol. The lowest BCUT2D eigenvalue weighted by atomic mass is 9.98. The molecule has 4 rings (SSSR count). The van der Waals surface area contributed by atoms with Crippen molar-refractivity contribution < 1.29 is 17.9 Å². The number of carbonyl (C=O) groups is 1. The summed E-state index contributed by atoms with van der Waals surface area (Å²) in [6.45, 7) is 0. The maximum Gasteiger partial charge on any atom is 0.252 e. The highest BCUT2D eigenvalue weighted by Crippen LogP contribution is 2.26. The van der Waals surface area contributed by atoms with E-state index < -0.39 is 16.1 Å². The van der Waals surface area contributed by atoms with Crippen LogP contribution in [0.4, 0.5) is 0 Å². The number of carbonyl (C=O) groups excluding carboxylic acids is 1. The highest BCUT2D eigenvalue weighted by molar-refractivity contribution is 7.89. The van der Waals surface area contributed by atoms with Crippen LogP contribution in [0.5, 0.6) is 5.75 Å². The van der Waals surface area contributed by atoms with Crippen molar-refractivity contribution in [2.24, 2.45) is 0 Å². The molecule has 0 spiro atoms. The second-order valence-electron chi connectivity index (χ2n) is 7.51. The molecule has 160 valence electrons. The van der Waals surface area contributed by atoms with Crippen molar-refractivity contribution in [3.05, 3.63) is 95.6 Å². The van der Waals surface area contributed by atoms with E-state index >= 15 is 0 Å². The average Bonchev–Trinajstić information content (AvgIpc) is 3.61. The van der Waals surface area contributed by atoms with Crippen molar-refractivity contribution in [3.8, 4) is 5.75 Å². The molecule has 0 saturated heterocycles. The Morgan fingerprint density at radius 3 is 2.26 bits per heavy atom. The fourth-order valence-corrected chi connectivity index (χ4v) is 4.66. The Hall–Kier alpha value is -3.16. The van der Waals surface area contributed by atoms with Crippen LogP contribution in [0.2, 0.25) is 0 Å². The van der Waals surface area contributed by atoms with Crippen molar-refractivity contribution >= 4 is 15.9 Å². The number of nitrogens with one attached hydrogen (secondary N) is 2. The summed E-state index contributed by atoms with van der Waals surface area (Å²) in [5.41, 5.74) is 2.09. The van der Waals surface area contributed by atoms with Gasteiger partial charge in [0.25, 0.3) is 5.91 Å². The van der Waals surface area contributed by atoms with Gasteiger partial charge in [-0.05, 0) is 54.3 Å². The molecule has 1 amide bonds. The summed E-state index contributed by atoms with van der Waals surface area (Å²) >= 11 is 0. The van der Waals surface area contributed by atoms with E-state index in [0.29, 0.717) is 0 Å². The molecule has 1 aliphatic carbocycles. The lowest BCUT2D eigenvalue weighted by Gasteiger charge is -2.20. The first kappa shape index (κ1) is 21.1. The minimum atomic E-state index is -3.64. The average molecular weight is 437 g/mol. The van der Waals surface area contributed by atoms with Gasteiger partial charge in [-0.15, -0.1) is 0 Å². The second kappa shape index (κ2) is 8.91. The minimum Gasteiger partial charge on any atom is -0.497 e. The van der Waals surface area contributed by atoms with Gasteiger partial charge in [-0.1, -0.05) is 48.5 Å². The monoisotopic (exact) mass is 436 g/mol. The van der Waals surface area contributed by atoms with Gasteiger partial charge in [-0.25, -0.2) is 13.1 Å². The Labute approximate surface area is 182 Å². The quantitative estimate of drug-likeness (QED) is 0.565. The lowest BCUT2D eigenvalue weighted by Crippen LogP contribution is -2.30. The van der Waals surface area contributed by atoms with Crippen molar-refractivity contribution in [2.75, 3.05) is 7.11 Å². The van der Waals surface area contributed by atoms with E-state index in [-0.39, 0.29) is 22.4 Å². The zero-order chi connectivity index (χ0) is 21.8. The van der Waals surface area contributed by atoms with Crippen LogP contribution in [0.15, 0.2) is 83.8 Å². The SMILES string of the molecule is COc1ccc(C(NC(=O)c2cccc(S(=O)(=O)NC3CC3)c2)c2ccccc2)cc1. The summed E-state index contributed by atoms with van der Waals surface area (Å²) in [6.07, 6.45) is 1.69. The van der Waals surface area contributed by atoms with Gasteiger partial charge in [0, 0.05) is 11.6 Å². The van der Waals surface area contributed by atoms with E-state index in [2.05, 4.69) is 10.0 Å². The molecule has 0 aliphatic heterocycles. The van der Waals surface area contributed by atoms with Crippen molar-refractivity contribution in [2.45, 2.75) is 29.8 Å². The standard InChI is InChI=1S/C24H24N2O4S/c1-30-21-14-10-18(11-15-21)23(17-6-3-2-4-7-17)25-24(27)19-8-5-9-22(16-19)31(28,29)26-20-12-13-20/h2-11,14-16,20,23,26H,12-13H2,1H3,(H,25,27). The number of hydrogen-bond acceptors (Lipinski definition) is 4. The van der Waals surface area contributed by atoms with Crippen LogP contribution >= 0.6 is 0 Å². The number of sulfonamides is 1. The van der Waals surface area contributed by atoms with Gasteiger partial charge in [0.15, 0.2) is 0 Å². The predicted octanol–water partition coefficient (Wildman–Crippen LogP) is 3.66. The van der Waals surface area contributed by atoms with E-state index in [1.165, 1.54) is 12.1 Å². The van der Waals surface area contributed by atoms with Gasteiger partial charge in [-0.2, -0.15) is 0 Å². The summed E-state index contributed by atoms with van der Waals surface area (Å²) in [5.74, 6) is 0.371. The molecule has 1 saturated carbocycles. The van der Waals surface area contributed by atoms with Crippen LogP contribution in [0.3, 0.4) is 0 Å². The van der Waals surface area contributed by atoms with Crippen LogP contribution in [0.1, 0.15) is 40.4 Å². The molecule has 2 N–H and O–H groups in total. The fourth-order valence-electron chi connectivity index (χ4n) is 3.31. The Morgan fingerprint density at radius 1 is 0.935 bits per heavy atom. The third-order valence-corrected chi connectivity index (χ3v) is 6.68.